The van der Waals surface area contributed by atoms with Crippen LogP contribution in [-0.4, -0.2) is 31.3 Å². The fraction of sp³-hybridized carbons (Fsp3) is 0.500. The van der Waals surface area contributed by atoms with Crippen LogP contribution in [-0.2, 0) is 4.74 Å². The van der Waals surface area contributed by atoms with Crippen LogP contribution in [0.2, 0.25) is 0 Å². The maximum absolute atomic E-state index is 11.8. The molecule has 122 valence electrons. The summed E-state index contributed by atoms with van der Waals surface area (Å²) in [6.07, 6.45) is -0.502. The summed E-state index contributed by atoms with van der Waals surface area (Å²) in [5.41, 5.74) is 0.997. The SMILES string of the molecule is CCNC(=NC)Oc1cc(NC(=O)OC(C)(C)C)ccc1C. The second kappa shape index (κ2) is 7.68. The molecule has 22 heavy (non-hydrogen) atoms. The van der Waals surface area contributed by atoms with Crippen molar-refractivity contribution in [2.24, 2.45) is 4.99 Å². The summed E-state index contributed by atoms with van der Waals surface area (Å²) in [7, 11) is 1.65. The molecule has 1 rings (SSSR count). The number of hydrogen-bond donors (Lipinski definition) is 2. The molecular weight excluding hydrogens is 282 g/mol. The van der Waals surface area contributed by atoms with Crippen molar-refractivity contribution in [1.29, 1.82) is 0 Å². The Kier molecular flexibility index (Phi) is 6.22. The van der Waals surface area contributed by atoms with Crippen LogP contribution >= 0.6 is 0 Å². The zero-order valence-electron chi connectivity index (χ0n) is 14.1. The van der Waals surface area contributed by atoms with E-state index in [2.05, 4.69) is 15.6 Å². The fourth-order valence-electron chi connectivity index (χ4n) is 1.63. The highest BCUT2D eigenvalue weighted by Crippen LogP contribution is 2.23. The van der Waals surface area contributed by atoms with Crippen LogP contribution in [0.1, 0.15) is 33.3 Å². The molecule has 0 atom stereocenters. The van der Waals surface area contributed by atoms with Gasteiger partial charge in [-0.15, -0.1) is 0 Å². The van der Waals surface area contributed by atoms with Crippen LogP contribution in [0.3, 0.4) is 0 Å². The summed E-state index contributed by atoms with van der Waals surface area (Å²) >= 11 is 0. The molecule has 0 saturated carbocycles. The molecule has 0 aliphatic rings. The third-order valence-corrected chi connectivity index (χ3v) is 2.57. The lowest BCUT2D eigenvalue weighted by Crippen LogP contribution is -2.29. The molecule has 1 aromatic carbocycles. The van der Waals surface area contributed by atoms with Gasteiger partial charge >= 0.3 is 6.09 Å². The van der Waals surface area contributed by atoms with E-state index in [4.69, 9.17) is 9.47 Å². The van der Waals surface area contributed by atoms with Crippen molar-refractivity contribution >= 4 is 17.8 Å². The lowest BCUT2D eigenvalue weighted by molar-refractivity contribution is 0.0636. The van der Waals surface area contributed by atoms with Crippen molar-refractivity contribution in [3.05, 3.63) is 23.8 Å². The molecule has 0 saturated heterocycles. The molecule has 0 fully saturated rings. The number of anilines is 1. The van der Waals surface area contributed by atoms with E-state index in [1.165, 1.54) is 0 Å². The Morgan fingerprint density at radius 3 is 2.55 bits per heavy atom. The van der Waals surface area contributed by atoms with Gasteiger partial charge in [0, 0.05) is 25.3 Å². The minimum atomic E-state index is -0.540. The summed E-state index contributed by atoms with van der Waals surface area (Å²) in [5, 5.41) is 5.70. The molecule has 0 unspecified atom stereocenters. The number of carbonyl (C=O) groups is 1. The third kappa shape index (κ3) is 6.03. The van der Waals surface area contributed by atoms with Crippen LogP contribution in [0.25, 0.3) is 0 Å². The quantitative estimate of drug-likeness (QED) is 0.664. The first-order chi connectivity index (χ1) is 10.2. The zero-order valence-corrected chi connectivity index (χ0v) is 14.1. The number of nitrogens with zero attached hydrogens (tertiary/aromatic N) is 1. The van der Waals surface area contributed by atoms with Crippen molar-refractivity contribution in [3.63, 3.8) is 0 Å². The first kappa shape index (κ1) is 17.8. The number of hydrogen-bond acceptors (Lipinski definition) is 4. The first-order valence-electron chi connectivity index (χ1n) is 7.24. The van der Waals surface area contributed by atoms with Crippen LogP contribution in [0.4, 0.5) is 10.5 Å². The number of rotatable bonds is 3. The Hall–Kier alpha value is -2.24. The topological polar surface area (TPSA) is 72.0 Å². The maximum atomic E-state index is 11.8. The van der Waals surface area contributed by atoms with Gasteiger partial charge in [0.25, 0.3) is 6.02 Å². The number of aliphatic imine (C=N–C) groups is 1. The van der Waals surface area contributed by atoms with Gasteiger partial charge in [-0.3, -0.25) is 5.32 Å². The molecule has 0 heterocycles. The Balaban J connectivity index is 2.83. The third-order valence-electron chi connectivity index (χ3n) is 2.57. The predicted molar refractivity (Wildman–Crippen MR) is 88.7 cm³/mol. The Morgan fingerprint density at radius 2 is 2.00 bits per heavy atom. The van der Waals surface area contributed by atoms with Gasteiger partial charge in [0.15, 0.2) is 0 Å². The van der Waals surface area contributed by atoms with Crippen molar-refractivity contribution in [1.82, 2.24) is 5.32 Å². The van der Waals surface area contributed by atoms with Gasteiger partial charge in [-0.25, -0.2) is 9.79 Å². The molecule has 0 spiro atoms. The van der Waals surface area contributed by atoms with Gasteiger partial charge in [-0.2, -0.15) is 0 Å². The molecule has 0 radical (unpaired) electrons. The maximum Gasteiger partial charge on any atom is 0.412 e. The second-order valence-corrected chi connectivity index (χ2v) is 5.77. The highest BCUT2D eigenvalue weighted by molar-refractivity contribution is 5.85. The summed E-state index contributed by atoms with van der Waals surface area (Å²) in [5.74, 6) is 0.620. The van der Waals surface area contributed by atoms with Crippen molar-refractivity contribution in [3.8, 4) is 5.75 Å². The number of nitrogens with one attached hydrogen (secondary N) is 2. The summed E-state index contributed by atoms with van der Waals surface area (Å²) < 4.78 is 10.9. The van der Waals surface area contributed by atoms with E-state index >= 15 is 0 Å². The number of benzene rings is 1. The number of amides is 1. The highest BCUT2D eigenvalue weighted by atomic mass is 16.6. The van der Waals surface area contributed by atoms with E-state index in [0.717, 1.165) is 5.56 Å². The molecule has 6 heteroatoms. The number of carbonyl (C=O) groups excluding carboxylic acids is 1. The minimum Gasteiger partial charge on any atom is -0.444 e. The van der Waals surface area contributed by atoms with Crippen LogP contribution in [0.5, 0.6) is 5.75 Å². The van der Waals surface area contributed by atoms with Crippen molar-refractivity contribution < 1.29 is 14.3 Å². The van der Waals surface area contributed by atoms with Gasteiger partial charge in [-0.1, -0.05) is 6.07 Å². The lowest BCUT2D eigenvalue weighted by Gasteiger charge is -2.20. The first-order valence-corrected chi connectivity index (χ1v) is 7.24. The average molecular weight is 307 g/mol. The van der Waals surface area contributed by atoms with Crippen molar-refractivity contribution in [2.75, 3.05) is 18.9 Å². The molecule has 1 amide bonds. The fourth-order valence-corrected chi connectivity index (χ4v) is 1.63. The van der Waals surface area contributed by atoms with Gasteiger partial charge in [0.05, 0.1) is 0 Å². The van der Waals surface area contributed by atoms with Gasteiger partial charge in [0.1, 0.15) is 11.4 Å². The van der Waals surface area contributed by atoms with E-state index in [1.807, 2.05) is 40.7 Å². The molecule has 0 aromatic heterocycles. The molecule has 2 N–H and O–H groups in total. The van der Waals surface area contributed by atoms with E-state index in [9.17, 15) is 4.79 Å². The van der Waals surface area contributed by atoms with E-state index in [-0.39, 0.29) is 0 Å². The highest BCUT2D eigenvalue weighted by Gasteiger charge is 2.16. The standard InChI is InChI=1S/C16H25N3O3/c1-7-18-14(17-6)21-13-10-12(9-8-11(13)2)19-15(20)22-16(3,4)5/h8-10H,7H2,1-6H3,(H,17,18)(H,19,20). The van der Waals surface area contributed by atoms with Gasteiger partial charge in [0.2, 0.25) is 0 Å². The van der Waals surface area contributed by atoms with Crippen molar-refractivity contribution in [2.45, 2.75) is 40.2 Å². The number of ether oxygens (including phenoxy) is 2. The number of amidine groups is 1. The van der Waals surface area contributed by atoms with E-state index in [0.29, 0.717) is 24.0 Å². The van der Waals surface area contributed by atoms with E-state index in [1.54, 1.807) is 19.2 Å². The molecule has 6 nitrogen and oxygen atoms in total. The van der Waals surface area contributed by atoms with Gasteiger partial charge in [-0.05, 0) is 46.2 Å². The normalized spacial score (nSPS) is 11.8. The van der Waals surface area contributed by atoms with Crippen LogP contribution in [0, 0.1) is 6.92 Å². The largest absolute Gasteiger partial charge is 0.444 e. The summed E-state index contributed by atoms with van der Waals surface area (Å²) in [6, 6.07) is 5.82. The summed E-state index contributed by atoms with van der Waals surface area (Å²) in [4.78, 5) is 15.8. The predicted octanol–water partition coefficient (Wildman–Crippen LogP) is 3.32. The zero-order chi connectivity index (χ0) is 16.8. The van der Waals surface area contributed by atoms with Crippen LogP contribution in [0.15, 0.2) is 23.2 Å². The summed E-state index contributed by atoms with van der Waals surface area (Å²) in [6.45, 7) is 10.0. The Morgan fingerprint density at radius 1 is 1.32 bits per heavy atom. The van der Waals surface area contributed by atoms with Crippen LogP contribution < -0.4 is 15.4 Å². The molecule has 0 aliphatic carbocycles. The Labute approximate surface area is 131 Å². The monoisotopic (exact) mass is 307 g/mol. The van der Waals surface area contributed by atoms with Gasteiger partial charge < -0.3 is 14.8 Å². The number of aryl methyl sites for hydroxylation is 1. The molecule has 0 bridgehead atoms. The molecular formula is C16H25N3O3. The Bertz CT molecular complexity index is 548. The molecule has 0 aliphatic heterocycles. The minimum absolute atomic E-state index is 0.431. The molecule has 1 aromatic rings. The average Bonchev–Trinajstić information content (AvgIpc) is 2.39. The smallest absolute Gasteiger partial charge is 0.412 e. The second-order valence-electron chi connectivity index (χ2n) is 5.77. The lowest BCUT2D eigenvalue weighted by atomic mass is 10.2. The van der Waals surface area contributed by atoms with E-state index < -0.39 is 11.7 Å².